The van der Waals surface area contributed by atoms with Gasteiger partial charge in [0.2, 0.25) is 0 Å². The molecule has 4 aromatic rings. The van der Waals surface area contributed by atoms with Gasteiger partial charge in [-0.3, -0.25) is 19.9 Å². The second-order valence-electron chi connectivity index (χ2n) is 5.84. The Labute approximate surface area is 153 Å². The van der Waals surface area contributed by atoms with Crippen molar-refractivity contribution >= 4 is 28.3 Å². The normalized spacial score (nSPS) is 10.8. The average Bonchev–Trinajstić information content (AvgIpc) is 3.04. The summed E-state index contributed by atoms with van der Waals surface area (Å²) >= 11 is 0. The quantitative estimate of drug-likeness (QED) is 0.443. The summed E-state index contributed by atoms with van der Waals surface area (Å²) in [6.45, 7) is 0. The Morgan fingerprint density at radius 3 is 2.52 bits per heavy atom. The molecule has 2 aromatic heterocycles. The third-order valence-corrected chi connectivity index (χ3v) is 4.25. The fraction of sp³-hybridized carbons (Fsp3) is 0. The third kappa shape index (κ3) is 2.78. The number of hydrogen-bond donors (Lipinski definition) is 1. The second kappa shape index (κ2) is 6.34. The maximum atomic E-state index is 12.9. The Morgan fingerprint density at radius 2 is 1.78 bits per heavy atom. The van der Waals surface area contributed by atoms with Gasteiger partial charge in [-0.1, -0.05) is 18.2 Å². The van der Waals surface area contributed by atoms with E-state index >= 15 is 0 Å². The van der Waals surface area contributed by atoms with Gasteiger partial charge in [0.25, 0.3) is 11.6 Å². The number of para-hydroxylation sites is 1. The molecule has 0 bridgehead atoms. The summed E-state index contributed by atoms with van der Waals surface area (Å²) in [4.78, 5) is 27.5. The maximum Gasteiger partial charge on any atom is 0.285 e. The molecule has 8 heteroatoms. The molecule has 0 saturated heterocycles. The van der Waals surface area contributed by atoms with E-state index in [-0.39, 0.29) is 17.1 Å². The number of aromatic nitrogens is 3. The highest BCUT2D eigenvalue weighted by molar-refractivity contribution is 6.06. The van der Waals surface area contributed by atoms with Crippen molar-refractivity contribution in [1.29, 1.82) is 0 Å². The molecule has 0 unspecified atom stereocenters. The number of pyridine rings is 1. The van der Waals surface area contributed by atoms with Crippen molar-refractivity contribution in [3.8, 4) is 11.1 Å². The van der Waals surface area contributed by atoms with Crippen molar-refractivity contribution in [3.05, 3.63) is 82.7 Å². The van der Waals surface area contributed by atoms with Crippen LogP contribution < -0.4 is 5.73 Å². The summed E-state index contributed by atoms with van der Waals surface area (Å²) in [6, 6.07) is 14.9. The predicted octanol–water partition coefficient (Wildman–Crippen LogP) is 3.28. The Hall–Kier alpha value is -4.07. The molecule has 8 nitrogen and oxygen atoms in total. The van der Waals surface area contributed by atoms with Gasteiger partial charge in [-0.15, -0.1) is 5.10 Å². The van der Waals surface area contributed by atoms with E-state index in [9.17, 15) is 14.9 Å². The van der Waals surface area contributed by atoms with Gasteiger partial charge < -0.3 is 5.73 Å². The zero-order valence-electron chi connectivity index (χ0n) is 13.9. The lowest BCUT2D eigenvalue weighted by molar-refractivity contribution is -0.385. The molecule has 2 heterocycles. The monoisotopic (exact) mass is 359 g/mol. The van der Waals surface area contributed by atoms with Gasteiger partial charge in [0.05, 0.1) is 10.4 Å². The highest BCUT2D eigenvalue weighted by Gasteiger charge is 2.23. The minimum absolute atomic E-state index is 0.0508. The standard InChI is InChI=1S/C19H13N5O3/c20-18-15-11-13(12-7-9-21-10-8-12)5-6-16(15)23(22-18)19(25)14-3-1-2-4-17(14)24(26)27/h1-11H,(H2,20,22). The first kappa shape index (κ1) is 16.4. The van der Waals surface area contributed by atoms with Crippen LogP contribution in [0.15, 0.2) is 67.0 Å². The number of nitro groups is 1. The van der Waals surface area contributed by atoms with Crippen LogP contribution in [0.25, 0.3) is 22.0 Å². The highest BCUT2D eigenvalue weighted by atomic mass is 16.6. The average molecular weight is 359 g/mol. The number of fused-ring (bicyclic) bond motifs is 1. The van der Waals surface area contributed by atoms with E-state index in [0.29, 0.717) is 10.9 Å². The lowest BCUT2D eigenvalue weighted by Crippen LogP contribution is -2.15. The molecule has 0 saturated carbocycles. The molecule has 2 aromatic carbocycles. The van der Waals surface area contributed by atoms with Crippen LogP contribution in [0.2, 0.25) is 0 Å². The van der Waals surface area contributed by atoms with Crippen LogP contribution in [0.4, 0.5) is 11.5 Å². The number of nitrogen functional groups attached to an aromatic ring is 1. The van der Waals surface area contributed by atoms with Gasteiger partial charge in [-0.2, -0.15) is 4.68 Å². The number of carbonyl (C=O) groups is 1. The summed E-state index contributed by atoms with van der Waals surface area (Å²) in [7, 11) is 0. The van der Waals surface area contributed by atoms with Crippen molar-refractivity contribution in [2.75, 3.05) is 5.73 Å². The number of benzene rings is 2. The van der Waals surface area contributed by atoms with E-state index in [2.05, 4.69) is 10.1 Å². The molecule has 132 valence electrons. The highest BCUT2D eigenvalue weighted by Crippen LogP contribution is 2.29. The molecule has 0 aliphatic carbocycles. The van der Waals surface area contributed by atoms with Gasteiger partial charge in [-0.25, -0.2) is 0 Å². The molecule has 0 fully saturated rings. The van der Waals surface area contributed by atoms with Crippen LogP contribution in [-0.4, -0.2) is 25.6 Å². The summed E-state index contributed by atoms with van der Waals surface area (Å²) in [5, 5.41) is 15.9. The van der Waals surface area contributed by atoms with Crippen LogP contribution in [-0.2, 0) is 0 Å². The van der Waals surface area contributed by atoms with E-state index in [4.69, 9.17) is 5.73 Å². The van der Waals surface area contributed by atoms with Crippen LogP contribution in [0.1, 0.15) is 10.4 Å². The summed E-state index contributed by atoms with van der Waals surface area (Å²) in [5.74, 6) is -0.437. The van der Waals surface area contributed by atoms with Crippen molar-refractivity contribution in [2.45, 2.75) is 0 Å². The molecule has 0 aliphatic heterocycles. The first-order valence-electron chi connectivity index (χ1n) is 8.03. The Kier molecular flexibility index (Phi) is 3.85. The maximum absolute atomic E-state index is 12.9. The fourth-order valence-corrected chi connectivity index (χ4v) is 2.95. The molecule has 0 aliphatic rings. The molecule has 0 atom stereocenters. The molecular weight excluding hydrogens is 346 g/mol. The zero-order chi connectivity index (χ0) is 19.0. The molecule has 0 spiro atoms. The number of nitro benzene ring substituents is 1. The van der Waals surface area contributed by atoms with Gasteiger partial charge in [0, 0.05) is 23.8 Å². The van der Waals surface area contributed by atoms with E-state index in [0.717, 1.165) is 15.8 Å². The molecule has 0 radical (unpaired) electrons. The van der Waals surface area contributed by atoms with Crippen LogP contribution in [0.5, 0.6) is 0 Å². The van der Waals surface area contributed by atoms with E-state index in [1.807, 2.05) is 24.3 Å². The number of hydrogen-bond acceptors (Lipinski definition) is 6. The van der Waals surface area contributed by atoms with E-state index < -0.39 is 10.8 Å². The van der Waals surface area contributed by atoms with E-state index in [1.54, 1.807) is 24.5 Å². The molecular formula is C19H13N5O3. The van der Waals surface area contributed by atoms with Crippen molar-refractivity contribution in [1.82, 2.24) is 14.8 Å². The summed E-state index contributed by atoms with van der Waals surface area (Å²) in [6.07, 6.45) is 3.37. The largest absolute Gasteiger partial charge is 0.382 e. The second-order valence-corrected chi connectivity index (χ2v) is 5.84. The first-order valence-corrected chi connectivity index (χ1v) is 8.03. The number of nitrogens with zero attached hydrogens (tertiary/aromatic N) is 4. The Balaban J connectivity index is 1.85. The number of rotatable bonds is 3. The Bertz CT molecular complexity index is 1180. The van der Waals surface area contributed by atoms with Crippen LogP contribution in [0, 0.1) is 10.1 Å². The van der Waals surface area contributed by atoms with Crippen molar-refractivity contribution in [2.24, 2.45) is 0 Å². The smallest absolute Gasteiger partial charge is 0.285 e. The SMILES string of the molecule is Nc1nn(C(=O)c2ccccc2[N+](=O)[O-])c2ccc(-c3ccncc3)cc12. The number of nitrogens with two attached hydrogens (primary N) is 1. The first-order chi connectivity index (χ1) is 13.1. The topological polar surface area (TPSA) is 117 Å². The Morgan fingerprint density at radius 1 is 1.04 bits per heavy atom. The molecule has 0 amide bonds. The summed E-state index contributed by atoms with van der Waals surface area (Å²) < 4.78 is 1.10. The van der Waals surface area contributed by atoms with E-state index in [1.165, 1.54) is 18.2 Å². The predicted molar refractivity (Wildman–Crippen MR) is 100 cm³/mol. The summed E-state index contributed by atoms with van der Waals surface area (Å²) in [5.41, 5.74) is 8.00. The van der Waals surface area contributed by atoms with Crippen LogP contribution >= 0.6 is 0 Å². The van der Waals surface area contributed by atoms with Gasteiger partial charge in [0.1, 0.15) is 5.56 Å². The third-order valence-electron chi connectivity index (χ3n) is 4.25. The minimum atomic E-state index is -0.610. The minimum Gasteiger partial charge on any atom is -0.382 e. The fourth-order valence-electron chi connectivity index (χ4n) is 2.95. The zero-order valence-corrected chi connectivity index (χ0v) is 13.9. The molecule has 27 heavy (non-hydrogen) atoms. The van der Waals surface area contributed by atoms with Gasteiger partial charge in [-0.05, 0) is 41.5 Å². The van der Waals surface area contributed by atoms with Crippen LogP contribution in [0.3, 0.4) is 0 Å². The van der Waals surface area contributed by atoms with Gasteiger partial charge in [0.15, 0.2) is 5.82 Å². The molecule has 2 N–H and O–H groups in total. The lowest BCUT2D eigenvalue weighted by Gasteiger charge is -2.05. The lowest BCUT2D eigenvalue weighted by atomic mass is 10.1. The van der Waals surface area contributed by atoms with Gasteiger partial charge >= 0.3 is 0 Å². The van der Waals surface area contributed by atoms with Crippen molar-refractivity contribution < 1.29 is 9.72 Å². The number of carbonyl (C=O) groups excluding carboxylic acids is 1. The van der Waals surface area contributed by atoms with Crippen molar-refractivity contribution in [3.63, 3.8) is 0 Å². The number of anilines is 1. The molecule has 4 rings (SSSR count).